The van der Waals surface area contributed by atoms with Crippen molar-refractivity contribution in [3.63, 3.8) is 0 Å². The second kappa shape index (κ2) is 15.2. The highest BCUT2D eigenvalue weighted by Crippen LogP contribution is 2.47. The average Bonchev–Trinajstić information content (AvgIpc) is 3.88. The number of nitrogens with zero attached hydrogens (tertiary/aromatic N) is 6. The molecular weight excluding hydrogens is 673 g/mol. The van der Waals surface area contributed by atoms with Crippen molar-refractivity contribution in [1.29, 1.82) is 0 Å². The molecule has 0 saturated carbocycles. The second-order valence-corrected chi connectivity index (χ2v) is 13.3. The van der Waals surface area contributed by atoms with E-state index in [0.717, 1.165) is 49.2 Å². The summed E-state index contributed by atoms with van der Waals surface area (Å²) >= 11 is 6.38. The number of hydrogen-bond acceptors (Lipinski definition) is 8. The average molecular weight is 710 g/mol. The Labute approximate surface area is 299 Å². The molecule has 2 fully saturated rings. The number of ether oxygens (including phenoxy) is 1. The predicted octanol–water partition coefficient (Wildman–Crippen LogP) is 6.41. The lowest BCUT2D eigenvalue weighted by Crippen LogP contribution is -2.48. The number of amides is 2. The number of carbonyl (C=O) groups is 2. The highest BCUT2D eigenvalue weighted by molar-refractivity contribution is 6.30. The number of methoxy groups -OCH3 is 1. The van der Waals surface area contributed by atoms with Crippen LogP contribution in [0.3, 0.4) is 0 Å². The van der Waals surface area contributed by atoms with Gasteiger partial charge in [0.15, 0.2) is 0 Å². The van der Waals surface area contributed by atoms with Gasteiger partial charge in [0.2, 0.25) is 5.91 Å². The van der Waals surface area contributed by atoms with Crippen LogP contribution in [-0.4, -0.2) is 73.8 Å². The molecule has 0 bridgehead atoms. The van der Waals surface area contributed by atoms with E-state index in [0.29, 0.717) is 40.2 Å². The number of likely N-dealkylation sites (tertiary alicyclic amines) is 1. The fourth-order valence-electron chi connectivity index (χ4n) is 7.30. The lowest BCUT2D eigenvalue weighted by atomic mass is 9.72. The van der Waals surface area contributed by atoms with Crippen LogP contribution in [0, 0.1) is 17.7 Å². The summed E-state index contributed by atoms with van der Waals surface area (Å²) in [6.07, 6.45) is 8.84. The fraction of sp³-hybridized carbons (Fsp3) is 0.297. The summed E-state index contributed by atoms with van der Waals surface area (Å²) in [7, 11) is 1.31. The minimum absolute atomic E-state index is 0.162. The number of halogens is 2. The summed E-state index contributed by atoms with van der Waals surface area (Å²) in [5, 5.41) is 18.2. The first-order valence-electron chi connectivity index (χ1n) is 16.8. The van der Waals surface area contributed by atoms with Gasteiger partial charge >= 0.3 is 6.09 Å². The number of aromatic nitrogens is 6. The Balaban J connectivity index is 1.27. The lowest BCUT2D eigenvalue weighted by molar-refractivity contribution is -0.132. The van der Waals surface area contributed by atoms with Crippen LogP contribution < -0.4 is 10.6 Å². The quantitative estimate of drug-likeness (QED) is 0.157. The molecule has 2 amide bonds. The van der Waals surface area contributed by atoms with Gasteiger partial charge in [0.05, 0.1) is 30.7 Å². The highest BCUT2D eigenvalue weighted by atomic mass is 35.5. The first-order chi connectivity index (χ1) is 24.9. The summed E-state index contributed by atoms with van der Waals surface area (Å²) < 4.78 is 20.4. The molecular formula is C37H37ClFN9O3. The third kappa shape index (κ3) is 7.69. The van der Waals surface area contributed by atoms with Gasteiger partial charge in [-0.25, -0.2) is 14.2 Å². The van der Waals surface area contributed by atoms with Crippen LogP contribution in [0.1, 0.15) is 48.2 Å². The molecule has 3 unspecified atom stereocenters. The third-order valence-electron chi connectivity index (χ3n) is 9.83. The van der Waals surface area contributed by atoms with Crippen LogP contribution in [0.15, 0.2) is 85.3 Å². The van der Waals surface area contributed by atoms with Crippen LogP contribution in [0.4, 0.5) is 14.9 Å². The Bertz CT molecular complexity index is 1990. The summed E-state index contributed by atoms with van der Waals surface area (Å²) in [4.78, 5) is 36.5. The molecule has 0 aliphatic carbocycles. The molecule has 2 aliphatic rings. The van der Waals surface area contributed by atoms with Gasteiger partial charge in [-0.15, -0.1) is 5.10 Å². The van der Waals surface area contributed by atoms with E-state index >= 15 is 0 Å². The van der Waals surface area contributed by atoms with Crippen LogP contribution >= 0.6 is 11.6 Å². The van der Waals surface area contributed by atoms with Gasteiger partial charge in [-0.05, 0) is 114 Å². The van der Waals surface area contributed by atoms with Gasteiger partial charge in [0, 0.05) is 34.8 Å². The van der Waals surface area contributed by atoms with E-state index in [2.05, 4.69) is 31.1 Å². The number of hydrogen-bond donors (Lipinski definition) is 3. The molecule has 51 heavy (non-hydrogen) atoms. The molecule has 3 aromatic carbocycles. The van der Waals surface area contributed by atoms with Crippen molar-refractivity contribution in [2.45, 2.75) is 31.2 Å². The minimum Gasteiger partial charge on any atom is -0.453 e. The molecule has 262 valence electrons. The van der Waals surface area contributed by atoms with Crippen LogP contribution in [-0.2, 0) is 9.53 Å². The zero-order valence-electron chi connectivity index (χ0n) is 27.9. The smallest absolute Gasteiger partial charge is 0.411 e. The largest absolute Gasteiger partial charge is 0.453 e. The molecule has 14 heteroatoms. The van der Waals surface area contributed by atoms with E-state index in [9.17, 15) is 14.0 Å². The number of rotatable bonds is 8. The summed E-state index contributed by atoms with van der Waals surface area (Å²) in [6.45, 7) is 2.41. The Morgan fingerprint density at radius 1 is 1.04 bits per heavy atom. The predicted molar refractivity (Wildman–Crippen MR) is 191 cm³/mol. The number of imidazole rings is 1. The topological polar surface area (TPSA) is 143 Å². The van der Waals surface area contributed by atoms with Gasteiger partial charge in [0.25, 0.3) is 0 Å². The first kappa shape index (κ1) is 34.1. The van der Waals surface area contributed by atoms with E-state index in [1.54, 1.807) is 48.7 Å². The van der Waals surface area contributed by atoms with Gasteiger partial charge in [-0.1, -0.05) is 35.9 Å². The summed E-state index contributed by atoms with van der Waals surface area (Å²) in [5.74, 6) is 0.608. The van der Waals surface area contributed by atoms with Crippen molar-refractivity contribution in [2.75, 3.05) is 32.1 Å². The number of benzene rings is 3. The van der Waals surface area contributed by atoms with Crippen LogP contribution in [0.25, 0.3) is 23.0 Å². The lowest BCUT2D eigenvalue weighted by Gasteiger charge is -2.46. The van der Waals surface area contributed by atoms with E-state index in [-0.39, 0.29) is 23.6 Å². The Hall–Kier alpha value is -5.40. The number of tetrazole rings is 1. The monoisotopic (exact) mass is 709 g/mol. The Morgan fingerprint density at radius 3 is 2.55 bits per heavy atom. The van der Waals surface area contributed by atoms with Crippen molar-refractivity contribution in [3.05, 3.63) is 113 Å². The zero-order valence-corrected chi connectivity index (χ0v) is 28.6. The van der Waals surface area contributed by atoms with E-state index in [1.807, 2.05) is 29.2 Å². The Kier molecular flexibility index (Phi) is 10.2. The molecule has 0 radical (unpaired) electrons. The molecule has 4 heterocycles. The van der Waals surface area contributed by atoms with Crippen molar-refractivity contribution >= 4 is 35.4 Å². The molecule has 0 spiro atoms. The SMILES string of the molecule is COC(=O)Nc1ccc(-c2cnc(C3C(c4ccc(F)cc4)CC(C4CCNCC4)CN3C(=O)C=Cc3cc(Cl)ccc3-n3cnnn3)[nH]2)cc1. The number of nitrogens with one attached hydrogen (secondary N) is 3. The van der Waals surface area contributed by atoms with Crippen molar-refractivity contribution in [3.8, 4) is 16.9 Å². The fourth-order valence-corrected chi connectivity index (χ4v) is 7.48. The van der Waals surface area contributed by atoms with Gasteiger partial charge in [-0.3, -0.25) is 10.1 Å². The number of carbonyl (C=O) groups excluding carboxylic acids is 2. The number of H-pyrrole nitrogens is 1. The standard InChI is InChI=1S/C37H37ClFN9O3/c1-51-37(50)43-30-10-4-25(5-11-30)32-20-41-36(44-32)35-31(24-2-8-29(39)9-3-24)19-27(23-14-16-40-17-15-23)21-47(35)34(49)13-6-26-18-28(38)7-12-33(26)48-22-42-45-46-48/h2-13,18,20,22-23,27,31,35,40H,14-17,19,21H2,1H3,(H,41,44)(H,43,50). The number of aromatic amines is 1. The van der Waals surface area contributed by atoms with Crippen molar-refractivity contribution in [1.82, 2.24) is 40.4 Å². The summed E-state index contributed by atoms with van der Waals surface area (Å²) in [5.41, 5.74) is 4.47. The first-order valence-corrected chi connectivity index (χ1v) is 17.2. The molecule has 3 atom stereocenters. The minimum atomic E-state index is -0.556. The van der Waals surface area contributed by atoms with Gasteiger partial charge in [0.1, 0.15) is 18.0 Å². The molecule has 2 aromatic heterocycles. The van der Waals surface area contributed by atoms with E-state index < -0.39 is 12.1 Å². The summed E-state index contributed by atoms with van der Waals surface area (Å²) in [6, 6.07) is 18.7. The highest BCUT2D eigenvalue weighted by Gasteiger charge is 2.43. The second-order valence-electron chi connectivity index (χ2n) is 12.8. The molecule has 7 rings (SSSR count). The van der Waals surface area contributed by atoms with Gasteiger partial charge < -0.3 is 19.9 Å². The maximum absolute atomic E-state index is 14.5. The van der Waals surface area contributed by atoms with Crippen LogP contribution in [0.2, 0.25) is 5.02 Å². The maximum Gasteiger partial charge on any atom is 0.411 e. The molecule has 12 nitrogen and oxygen atoms in total. The molecule has 3 N–H and O–H groups in total. The molecule has 2 saturated heterocycles. The van der Waals surface area contributed by atoms with Crippen molar-refractivity contribution < 1.29 is 18.7 Å². The molecule has 2 aliphatic heterocycles. The van der Waals surface area contributed by atoms with Crippen LogP contribution in [0.5, 0.6) is 0 Å². The third-order valence-corrected chi connectivity index (χ3v) is 10.1. The van der Waals surface area contributed by atoms with E-state index in [1.165, 1.54) is 30.3 Å². The van der Waals surface area contributed by atoms with E-state index in [4.69, 9.17) is 21.3 Å². The maximum atomic E-state index is 14.5. The Morgan fingerprint density at radius 2 is 1.82 bits per heavy atom. The number of anilines is 1. The molecule has 5 aromatic rings. The normalized spacial score (nSPS) is 19.7. The van der Waals surface area contributed by atoms with Crippen molar-refractivity contribution in [2.24, 2.45) is 11.8 Å². The zero-order chi connectivity index (χ0) is 35.3. The van der Waals surface area contributed by atoms with Gasteiger partial charge in [-0.2, -0.15) is 4.68 Å². The number of piperidine rings is 2.